The van der Waals surface area contributed by atoms with Crippen LogP contribution >= 0.6 is 11.6 Å². The van der Waals surface area contributed by atoms with Gasteiger partial charge in [0, 0.05) is 13.6 Å². The molecule has 0 aliphatic heterocycles. The Balaban J connectivity index is 2.16. The second-order valence-corrected chi connectivity index (χ2v) is 7.57. The Morgan fingerprint density at radius 2 is 1.92 bits per heavy atom. The van der Waals surface area contributed by atoms with Gasteiger partial charge in [-0.2, -0.15) is 5.10 Å². The molecule has 9 heteroatoms. The summed E-state index contributed by atoms with van der Waals surface area (Å²) < 4.78 is 27.2. The number of hydrogen-bond donors (Lipinski definition) is 2. The van der Waals surface area contributed by atoms with Crippen LogP contribution in [0.2, 0.25) is 5.15 Å². The molecule has 0 fully saturated rings. The van der Waals surface area contributed by atoms with Gasteiger partial charge in [-0.05, 0) is 25.1 Å². The van der Waals surface area contributed by atoms with Crippen LogP contribution in [0.5, 0.6) is 0 Å². The summed E-state index contributed by atoms with van der Waals surface area (Å²) in [6, 6.07) is 7.05. The Bertz CT molecular complexity index is 862. The van der Waals surface area contributed by atoms with Crippen molar-refractivity contribution in [3.8, 4) is 0 Å². The van der Waals surface area contributed by atoms with Crippen LogP contribution in [0.25, 0.3) is 0 Å². The maximum atomic E-state index is 12.3. The molecule has 1 heterocycles. The molecule has 7 nitrogen and oxygen atoms in total. The van der Waals surface area contributed by atoms with Crippen LogP contribution in [0.3, 0.4) is 0 Å². The molecule has 0 saturated heterocycles. The number of aryl methyl sites for hydroxylation is 2. The molecular weight excluding hydrogens is 352 g/mol. The number of carbonyl (C=O) groups excluding carboxylic acids is 1. The summed E-state index contributed by atoms with van der Waals surface area (Å²) in [4.78, 5) is 12.3. The molecule has 0 aliphatic carbocycles. The third-order valence-electron chi connectivity index (χ3n) is 3.59. The van der Waals surface area contributed by atoms with Crippen LogP contribution in [-0.2, 0) is 29.4 Å². The predicted molar refractivity (Wildman–Crippen MR) is 92.3 cm³/mol. The Morgan fingerprint density at radius 3 is 2.46 bits per heavy atom. The summed E-state index contributed by atoms with van der Waals surface area (Å²) in [5.74, 6) is -0.501. The number of nitrogens with one attached hydrogen (secondary N) is 2. The van der Waals surface area contributed by atoms with Gasteiger partial charge in [-0.15, -0.1) is 0 Å². The second-order valence-electron chi connectivity index (χ2n) is 5.29. The molecule has 1 aromatic heterocycles. The van der Waals surface area contributed by atoms with Crippen molar-refractivity contribution in [3.05, 3.63) is 51.8 Å². The number of nitrogens with zero attached hydrogens (tertiary/aromatic N) is 2. The maximum absolute atomic E-state index is 12.3. The van der Waals surface area contributed by atoms with Gasteiger partial charge in [-0.25, -0.2) is 13.1 Å². The van der Waals surface area contributed by atoms with E-state index in [1.54, 1.807) is 38.2 Å². The Morgan fingerprint density at radius 1 is 1.29 bits per heavy atom. The number of carbonyl (C=O) groups is 1. The van der Waals surface area contributed by atoms with Gasteiger partial charge >= 0.3 is 0 Å². The van der Waals surface area contributed by atoms with Crippen LogP contribution in [0, 0.1) is 6.92 Å². The number of aromatic nitrogens is 2. The first-order valence-corrected chi connectivity index (χ1v) is 9.23. The highest BCUT2D eigenvalue weighted by Crippen LogP contribution is 2.19. The fraction of sp³-hybridized carbons (Fsp3) is 0.333. The van der Waals surface area contributed by atoms with Crippen molar-refractivity contribution in [2.45, 2.75) is 19.2 Å². The third kappa shape index (κ3) is 4.14. The summed E-state index contributed by atoms with van der Waals surface area (Å²) in [7, 11) is -0.368. The molecule has 24 heavy (non-hydrogen) atoms. The van der Waals surface area contributed by atoms with E-state index >= 15 is 0 Å². The van der Waals surface area contributed by atoms with Gasteiger partial charge in [0.25, 0.3) is 5.91 Å². The van der Waals surface area contributed by atoms with Crippen molar-refractivity contribution >= 4 is 27.5 Å². The van der Waals surface area contributed by atoms with E-state index < -0.39 is 10.0 Å². The van der Waals surface area contributed by atoms with Crippen molar-refractivity contribution < 1.29 is 13.2 Å². The van der Waals surface area contributed by atoms with E-state index in [0.717, 1.165) is 5.56 Å². The SMILES string of the molecule is CNS(=O)(=O)Cc1ccccc1CNC(=O)c1c(C)nn(C)c1Cl. The van der Waals surface area contributed by atoms with Crippen LogP contribution < -0.4 is 10.0 Å². The minimum Gasteiger partial charge on any atom is -0.348 e. The summed E-state index contributed by atoms with van der Waals surface area (Å²) in [6.45, 7) is 1.90. The van der Waals surface area contributed by atoms with Gasteiger partial charge in [-0.3, -0.25) is 9.48 Å². The van der Waals surface area contributed by atoms with E-state index in [4.69, 9.17) is 11.6 Å². The fourth-order valence-corrected chi connectivity index (χ4v) is 3.40. The quantitative estimate of drug-likeness (QED) is 0.802. The van der Waals surface area contributed by atoms with E-state index in [1.807, 2.05) is 0 Å². The van der Waals surface area contributed by atoms with Crippen molar-refractivity contribution in [1.82, 2.24) is 19.8 Å². The summed E-state index contributed by atoms with van der Waals surface area (Å²) in [5.41, 5.74) is 2.20. The predicted octanol–water partition coefficient (Wildman–Crippen LogP) is 1.36. The normalized spacial score (nSPS) is 11.5. The van der Waals surface area contributed by atoms with Gasteiger partial charge in [0.15, 0.2) is 0 Å². The first-order chi connectivity index (χ1) is 11.2. The van der Waals surface area contributed by atoms with Crippen molar-refractivity contribution in [2.75, 3.05) is 7.05 Å². The van der Waals surface area contributed by atoms with Crippen LogP contribution in [-0.4, -0.2) is 31.2 Å². The number of amides is 1. The lowest BCUT2D eigenvalue weighted by Gasteiger charge is -2.11. The average Bonchev–Trinajstić information content (AvgIpc) is 2.78. The summed E-state index contributed by atoms with van der Waals surface area (Å²) >= 11 is 6.08. The minimum absolute atomic E-state index is 0.151. The van der Waals surface area contributed by atoms with E-state index in [0.29, 0.717) is 16.8 Å². The molecule has 0 radical (unpaired) electrons. The van der Waals surface area contributed by atoms with Crippen LogP contribution in [0.4, 0.5) is 0 Å². The minimum atomic E-state index is -3.39. The van der Waals surface area contributed by atoms with Crippen LogP contribution in [0.15, 0.2) is 24.3 Å². The zero-order valence-corrected chi connectivity index (χ0v) is 15.2. The number of benzene rings is 1. The van der Waals surface area contributed by atoms with E-state index in [1.165, 1.54) is 11.7 Å². The summed E-state index contributed by atoms with van der Waals surface area (Å²) in [5, 5.41) is 7.12. The maximum Gasteiger partial charge on any atom is 0.256 e. The van der Waals surface area contributed by atoms with E-state index in [2.05, 4.69) is 15.1 Å². The average molecular weight is 371 g/mol. The highest BCUT2D eigenvalue weighted by molar-refractivity contribution is 7.88. The zero-order valence-electron chi connectivity index (χ0n) is 13.6. The first kappa shape index (κ1) is 18.4. The molecular formula is C15H19ClN4O3S. The first-order valence-electron chi connectivity index (χ1n) is 7.20. The lowest BCUT2D eigenvalue weighted by molar-refractivity contribution is 0.0950. The number of rotatable bonds is 6. The van der Waals surface area contributed by atoms with E-state index in [9.17, 15) is 13.2 Å². The molecule has 2 N–H and O–H groups in total. The Hall–Kier alpha value is -1.90. The Labute approximate surface area is 146 Å². The van der Waals surface area contributed by atoms with Crippen LogP contribution in [0.1, 0.15) is 27.2 Å². The molecule has 2 aromatic rings. The molecule has 0 saturated carbocycles. The highest BCUT2D eigenvalue weighted by Gasteiger charge is 2.19. The molecule has 0 aliphatic rings. The van der Waals surface area contributed by atoms with Gasteiger partial charge in [0.05, 0.1) is 17.0 Å². The lowest BCUT2D eigenvalue weighted by Crippen LogP contribution is -2.25. The van der Waals surface area contributed by atoms with Gasteiger partial charge in [0.2, 0.25) is 10.0 Å². The molecule has 130 valence electrons. The fourth-order valence-electron chi connectivity index (χ4n) is 2.30. The molecule has 0 unspecified atom stereocenters. The highest BCUT2D eigenvalue weighted by atomic mass is 35.5. The smallest absolute Gasteiger partial charge is 0.256 e. The second kappa shape index (κ2) is 7.33. The Kier molecular flexibility index (Phi) is 5.63. The zero-order chi connectivity index (χ0) is 17.9. The molecule has 1 aromatic carbocycles. The largest absolute Gasteiger partial charge is 0.348 e. The van der Waals surface area contributed by atoms with Crippen molar-refractivity contribution in [1.29, 1.82) is 0 Å². The monoisotopic (exact) mass is 370 g/mol. The van der Waals surface area contributed by atoms with Crippen molar-refractivity contribution in [2.24, 2.45) is 7.05 Å². The van der Waals surface area contributed by atoms with Gasteiger partial charge < -0.3 is 5.32 Å². The number of halogens is 1. The van der Waals surface area contributed by atoms with Gasteiger partial charge in [-0.1, -0.05) is 35.9 Å². The standard InChI is InChI=1S/C15H19ClN4O3S/c1-10-13(14(16)20(3)19-10)15(21)18-8-11-6-4-5-7-12(11)9-24(22,23)17-2/h4-7,17H,8-9H2,1-3H3,(H,18,21). The van der Waals surface area contributed by atoms with Crippen molar-refractivity contribution in [3.63, 3.8) is 0 Å². The molecule has 1 amide bonds. The third-order valence-corrected chi connectivity index (χ3v) is 5.34. The molecule has 2 rings (SSSR count). The van der Waals surface area contributed by atoms with Gasteiger partial charge in [0.1, 0.15) is 5.15 Å². The molecule has 0 bridgehead atoms. The lowest BCUT2D eigenvalue weighted by atomic mass is 10.1. The number of sulfonamides is 1. The summed E-state index contributed by atoms with van der Waals surface area (Å²) in [6.07, 6.45) is 0. The number of hydrogen-bond acceptors (Lipinski definition) is 4. The topological polar surface area (TPSA) is 93.1 Å². The molecule has 0 atom stereocenters. The molecule has 0 spiro atoms. The van der Waals surface area contributed by atoms with E-state index in [-0.39, 0.29) is 23.4 Å².